The van der Waals surface area contributed by atoms with Crippen molar-refractivity contribution in [2.24, 2.45) is 0 Å². The molecule has 62 valence electrons. The zero-order valence-corrected chi connectivity index (χ0v) is 7.76. The highest BCUT2D eigenvalue weighted by Crippen LogP contribution is 2.13. The van der Waals surface area contributed by atoms with Crippen molar-refractivity contribution in [1.29, 1.82) is 0 Å². The van der Waals surface area contributed by atoms with Crippen LogP contribution in [0, 0.1) is 0 Å². The predicted molar refractivity (Wildman–Crippen MR) is 43.5 cm³/mol. The normalized spacial score (nSPS) is 13.2. The van der Waals surface area contributed by atoms with Crippen molar-refractivity contribution >= 4 is 0 Å². The standard InChI is InChI=1S/C8H20NO/c1-7(2)9(5,6-10)8(3)4/h7-8,10H,6H2,1-5H3/q+1. The summed E-state index contributed by atoms with van der Waals surface area (Å²) in [7, 11) is 2.08. The van der Waals surface area contributed by atoms with Gasteiger partial charge in [-0.3, -0.25) is 4.48 Å². The molecule has 0 aliphatic rings. The van der Waals surface area contributed by atoms with Gasteiger partial charge in [-0.25, -0.2) is 0 Å². The first kappa shape index (κ1) is 9.92. The molecule has 0 radical (unpaired) electrons. The first-order valence-corrected chi connectivity index (χ1v) is 3.91. The second-order valence-corrected chi connectivity index (χ2v) is 3.68. The number of quaternary nitrogens is 1. The van der Waals surface area contributed by atoms with Crippen LogP contribution in [0.2, 0.25) is 0 Å². The average molecular weight is 146 g/mol. The molecule has 1 N–H and O–H groups in total. The van der Waals surface area contributed by atoms with Crippen molar-refractivity contribution in [2.75, 3.05) is 13.8 Å². The molecule has 0 saturated heterocycles. The molecule has 2 nitrogen and oxygen atoms in total. The van der Waals surface area contributed by atoms with Gasteiger partial charge in [0.2, 0.25) is 0 Å². The van der Waals surface area contributed by atoms with Crippen LogP contribution >= 0.6 is 0 Å². The lowest BCUT2D eigenvalue weighted by Gasteiger charge is -2.40. The molecule has 0 amide bonds. The smallest absolute Gasteiger partial charge is 0.180 e. The minimum absolute atomic E-state index is 0.231. The SMILES string of the molecule is CC(C)[N+](C)(CO)C(C)C. The molecular weight excluding hydrogens is 126 g/mol. The topological polar surface area (TPSA) is 20.2 Å². The van der Waals surface area contributed by atoms with Crippen LogP contribution in [-0.2, 0) is 0 Å². The second kappa shape index (κ2) is 3.35. The fourth-order valence-electron chi connectivity index (χ4n) is 0.923. The summed E-state index contributed by atoms with van der Waals surface area (Å²) in [4.78, 5) is 0. The monoisotopic (exact) mass is 146 g/mol. The second-order valence-electron chi connectivity index (χ2n) is 3.68. The quantitative estimate of drug-likeness (QED) is 0.468. The number of aliphatic hydroxyl groups is 1. The minimum Gasteiger partial charge on any atom is -0.347 e. The lowest BCUT2D eigenvalue weighted by Crippen LogP contribution is -2.54. The summed E-state index contributed by atoms with van der Waals surface area (Å²) >= 11 is 0. The Bertz CT molecular complexity index is 91.4. The average Bonchev–Trinajstić information content (AvgIpc) is 1.85. The lowest BCUT2D eigenvalue weighted by molar-refractivity contribution is -0.965. The van der Waals surface area contributed by atoms with Gasteiger partial charge in [-0.2, -0.15) is 0 Å². The molecule has 0 bridgehead atoms. The Hall–Kier alpha value is -0.0800. The molecule has 0 fully saturated rings. The van der Waals surface area contributed by atoms with Crippen molar-refractivity contribution in [2.45, 2.75) is 39.8 Å². The van der Waals surface area contributed by atoms with E-state index in [9.17, 15) is 0 Å². The molecule has 0 aromatic carbocycles. The van der Waals surface area contributed by atoms with Crippen LogP contribution in [0.3, 0.4) is 0 Å². The van der Waals surface area contributed by atoms with Crippen molar-refractivity contribution in [1.82, 2.24) is 0 Å². The van der Waals surface area contributed by atoms with Crippen LogP contribution in [0.25, 0.3) is 0 Å². The number of hydrogen-bond donors (Lipinski definition) is 1. The summed E-state index contributed by atoms with van der Waals surface area (Å²) in [6.45, 7) is 8.77. The third kappa shape index (κ3) is 1.70. The van der Waals surface area contributed by atoms with Gasteiger partial charge in [-0.15, -0.1) is 0 Å². The Morgan fingerprint density at radius 3 is 1.40 bits per heavy atom. The third-order valence-corrected chi connectivity index (χ3v) is 2.66. The number of hydrogen-bond acceptors (Lipinski definition) is 1. The Balaban J connectivity index is 4.23. The van der Waals surface area contributed by atoms with Gasteiger partial charge in [0.25, 0.3) is 0 Å². The van der Waals surface area contributed by atoms with Gasteiger partial charge >= 0.3 is 0 Å². The van der Waals surface area contributed by atoms with Crippen molar-refractivity contribution < 1.29 is 9.59 Å². The van der Waals surface area contributed by atoms with E-state index >= 15 is 0 Å². The molecule has 0 aliphatic heterocycles. The molecule has 0 saturated carbocycles. The highest BCUT2D eigenvalue weighted by atomic mass is 16.3. The fraction of sp³-hybridized carbons (Fsp3) is 1.00. The number of nitrogens with zero attached hydrogens (tertiary/aromatic N) is 1. The van der Waals surface area contributed by atoms with E-state index in [-0.39, 0.29) is 6.73 Å². The summed E-state index contributed by atoms with van der Waals surface area (Å²) in [6, 6.07) is 0.981. The maximum absolute atomic E-state index is 9.10. The zero-order chi connectivity index (χ0) is 8.36. The van der Waals surface area contributed by atoms with Crippen LogP contribution < -0.4 is 0 Å². The molecule has 0 unspecified atom stereocenters. The number of aliphatic hydroxyl groups excluding tert-OH is 1. The van der Waals surface area contributed by atoms with Crippen LogP contribution in [0.15, 0.2) is 0 Å². The Kier molecular flexibility index (Phi) is 3.33. The molecule has 0 atom stereocenters. The van der Waals surface area contributed by atoms with Crippen LogP contribution in [0.5, 0.6) is 0 Å². The molecule has 0 aromatic rings. The maximum Gasteiger partial charge on any atom is 0.180 e. The summed E-state index contributed by atoms with van der Waals surface area (Å²) in [5, 5.41) is 9.10. The molecular formula is C8H20NO+. The van der Waals surface area contributed by atoms with Crippen LogP contribution in [-0.4, -0.2) is 35.5 Å². The third-order valence-electron chi connectivity index (χ3n) is 2.66. The highest BCUT2D eigenvalue weighted by Gasteiger charge is 2.27. The van der Waals surface area contributed by atoms with E-state index in [0.29, 0.717) is 12.1 Å². The first-order chi connectivity index (χ1) is 4.45. The van der Waals surface area contributed by atoms with Gasteiger partial charge in [-0.05, 0) is 27.7 Å². The summed E-state index contributed by atoms with van der Waals surface area (Å²) in [6.07, 6.45) is 0. The predicted octanol–water partition coefficient (Wildman–Crippen LogP) is 1.20. The van der Waals surface area contributed by atoms with Crippen molar-refractivity contribution in [3.63, 3.8) is 0 Å². The van der Waals surface area contributed by atoms with E-state index in [1.807, 2.05) is 0 Å². The minimum atomic E-state index is 0.231. The zero-order valence-electron chi connectivity index (χ0n) is 7.76. The van der Waals surface area contributed by atoms with Crippen molar-refractivity contribution in [3.05, 3.63) is 0 Å². The molecule has 0 aromatic heterocycles. The summed E-state index contributed by atoms with van der Waals surface area (Å²) in [5.74, 6) is 0. The first-order valence-electron chi connectivity index (χ1n) is 3.91. The molecule has 0 spiro atoms. The summed E-state index contributed by atoms with van der Waals surface area (Å²) < 4.78 is 0.736. The van der Waals surface area contributed by atoms with Gasteiger partial charge in [0.15, 0.2) is 6.73 Å². The van der Waals surface area contributed by atoms with Gasteiger partial charge < -0.3 is 5.11 Å². The molecule has 0 heterocycles. The van der Waals surface area contributed by atoms with Gasteiger partial charge in [0.05, 0.1) is 19.1 Å². The van der Waals surface area contributed by atoms with Gasteiger partial charge in [-0.1, -0.05) is 0 Å². The van der Waals surface area contributed by atoms with E-state index in [2.05, 4.69) is 34.7 Å². The van der Waals surface area contributed by atoms with Crippen LogP contribution in [0.1, 0.15) is 27.7 Å². The van der Waals surface area contributed by atoms with E-state index < -0.39 is 0 Å². The molecule has 0 rings (SSSR count). The van der Waals surface area contributed by atoms with E-state index in [4.69, 9.17) is 5.11 Å². The fourth-order valence-corrected chi connectivity index (χ4v) is 0.923. The maximum atomic E-state index is 9.10. The largest absolute Gasteiger partial charge is 0.347 e. The van der Waals surface area contributed by atoms with Crippen molar-refractivity contribution in [3.8, 4) is 0 Å². The Morgan fingerprint density at radius 1 is 1.10 bits per heavy atom. The highest BCUT2D eigenvalue weighted by molar-refractivity contribution is 4.45. The Morgan fingerprint density at radius 2 is 1.40 bits per heavy atom. The van der Waals surface area contributed by atoms with Gasteiger partial charge in [0, 0.05) is 0 Å². The van der Waals surface area contributed by atoms with E-state index in [1.165, 1.54) is 0 Å². The van der Waals surface area contributed by atoms with Crippen LogP contribution in [0.4, 0.5) is 0 Å². The van der Waals surface area contributed by atoms with E-state index in [0.717, 1.165) is 4.48 Å². The Labute approximate surface area is 64.1 Å². The molecule has 0 aliphatic carbocycles. The van der Waals surface area contributed by atoms with E-state index in [1.54, 1.807) is 0 Å². The van der Waals surface area contributed by atoms with Gasteiger partial charge in [0.1, 0.15) is 0 Å². The molecule has 10 heavy (non-hydrogen) atoms. The summed E-state index contributed by atoms with van der Waals surface area (Å²) in [5.41, 5.74) is 0. The number of rotatable bonds is 3. The lowest BCUT2D eigenvalue weighted by atomic mass is 10.2. The molecule has 2 heteroatoms.